The molecule has 150 valence electrons. The van der Waals surface area contributed by atoms with Gasteiger partial charge in [0, 0.05) is 52.2 Å². The molecule has 2 aliphatic rings. The SMILES string of the molecule is O=C(CCN1CCOCC1)N1CCN(S(=O)(=O)CCc2ccccc2)CC1. The molecule has 0 radical (unpaired) electrons. The standard InChI is InChI=1S/C19H29N3O4S/c23-19(6-8-20-13-15-26-16-14-20)21-9-11-22(12-10-21)27(24,25)17-7-18-4-2-1-3-5-18/h1-5H,6-17H2. The maximum atomic E-state index is 12.6. The Morgan fingerprint density at radius 1 is 0.963 bits per heavy atom. The van der Waals surface area contributed by atoms with Crippen molar-refractivity contribution in [2.24, 2.45) is 0 Å². The molecule has 3 rings (SSSR count). The summed E-state index contributed by atoms with van der Waals surface area (Å²) in [4.78, 5) is 16.4. The van der Waals surface area contributed by atoms with Crippen molar-refractivity contribution in [3.8, 4) is 0 Å². The summed E-state index contributed by atoms with van der Waals surface area (Å²) in [5.74, 6) is 0.227. The summed E-state index contributed by atoms with van der Waals surface area (Å²) < 4.78 is 32.0. The number of ether oxygens (including phenoxy) is 1. The molecule has 0 aromatic heterocycles. The molecule has 0 bridgehead atoms. The van der Waals surface area contributed by atoms with E-state index in [2.05, 4.69) is 4.90 Å². The minimum absolute atomic E-state index is 0.113. The average Bonchev–Trinajstić information content (AvgIpc) is 2.72. The zero-order valence-electron chi connectivity index (χ0n) is 15.8. The Labute approximate surface area is 161 Å². The number of amides is 1. The maximum absolute atomic E-state index is 12.6. The number of nitrogens with zero attached hydrogens (tertiary/aromatic N) is 3. The molecular weight excluding hydrogens is 366 g/mol. The number of rotatable bonds is 7. The number of aryl methyl sites for hydroxylation is 1. The summed E-state index contributed by atoms with van der Waals surface area (Å²) in [6.07, 6.45) is 1.00. The molecule has 2 aliphatic heterocycles. The number of carbonyl (C=O) groups excluding carboxylic acids is 1. The van der Waals surface area contributed by atoms with Crippen LogP contribution in [0, 0.1) is 0 Å². The van der Waals surface area contributed by atoms with Gasteiger partial charge in [0.2, 0.25) is 15.9 Å². The lowest BCUT2D eigenvalue weighted by atomic mass is 10.2. The van der Waals surface area contributed by atoms with Crippen molar-refractivity contribution in [1.29, 1.82) is 0 Å². The fraction of sp³-hybridized carbons (Fsp3) is 0.632. The fourth-order valence-corrected chi connectivity index (χ4v) is 4.94. The monoisotopic (exact) mass is 395 g/mol. The lowest BCUT2D eigenvalue weighted by molar-refractivity contribution is -0.133. The van der Waals surface area contributed by atoms with E-state index in [4.69, 9.17) is 4.74 Å². The Morgan fingerprint density at radius 2 is 1.63 bits per heavy atom. The molecule has 0 spiro atoms. The van der Waals surface area contributed by atoms with E-state index in [1.807, 2.05) is 30.3 Å². The Morgan fingerprint density at radius 3 is 2.30 bits per heavy atom. The summed E-state index contributed by atoms with van der Waals surface area (Å²) in [5.41, 5.74) is 1.03. The number of piperazine rings is 1. The van der Waals surface area contributed by atoms with Crippen LogP contribution in [0.15, 0.2) is 30.3 Å². The highest BCUT2D eigenvalue weighted by Crippen LogP contribution is 2.12. The molecular formula is C19H29N3O4S. The van der Waals surface area contributed by atoms with Gasteiger partial charge in [0.15, 0.2) is 0 Å². The van der Waals surface area contributed by atoms with Crippen molar-refractivity contribution < 1.29 is 17.9 Å². The first kappa shape index (κ1) is 20.3. The van der Waals surface area contributed by atoms with Gasteiger partial charge in [-0.1, -0.05) is 30.3 Å². The number of hydrogen-bond donors (Lipinski definition) is 0. The van der Waals surface area contributed by atoms with E-state index < -0.39 is 10.0 Å². The van der Waals surface area contributed by atoms with Crippen LogP contribution in [-0.2, 0) is 26.0 Å². The minimum atomic E-state index is -3.29. The molecule has 2 saturated heterocycles. The van der Waals surface area contributed by atoms with Crippen LogP contribution in [0.2, 0.25) is 0 Å². The molecule has 2 fully saturated rings. The van der Waals surface area contributed by atoms with Crippen molar-refractivity contribution >= 4 is 15.9 Å². The molecule has 7 nitrogen and oxygen atoms in total. The first-order valence-corrected chi connectivity index (χ1v) is 11.3. The molecule has 1 amide bonds. The van der Waals surface area contributed by atoms with Gasteiger partial charge in [0.05, 0.1) is 19.0 Å². The van der Waals surface area contributed by atoms with E-state index >= 15 is 0 Å². The number of morpholine rings is 1. The normalized spacial score (nSPS) is 19.9. The second-order valence-electron chi connectivity index (χ2n) is 7.04. The minimum Gasteiger partial charge on any atom is -0.379 e. The van der Waals surface area contributed by atoms with E-state index in [1.54, 1.807) is 4.90 Å². The van der Waals surface area contributed by atoms with Crippen molar-refractivity contribution in [2.75, 3.05) is 64.8 Å². The van der Waals surface area contributed by atoms with Crippen LogP contribution in [0.3, 0.4) is 0 Å². The molecule has 2 heterocycles. The molecule has 8 heteroatoms. The highest BCUT2D eigenvalue weighted by atomic mass is 32.2. The molecule has 0 aliphatic carbocycles. The summed E-state index contributed by atoms with van der Waals surface area (Å²) in [6.45, 7) is 5.69. The lowest BCUT2D eigenvalue weighted by Gasteiger charge is -2.34. The van der Waals surface area contributed by atoms with Gasteiger partial charge in [-0.25, -0.2) is 8.42 Å². The first-order valence-electron chi connectivity index (χ1n) is 9.64. The Bertz CT molecular complexity index is 697. The lowest BCUT2D eigenvalue weighted by Crippen LogP contribution is -2.51. The van der Waals surface area contributed by atoms with Gasteiger partial charge in [0.25, 0.3) is 0 Å². The third kappa shape index (κ3) is 6.00. The summed E-state index contributed by atoms with van der Waals surface area (Å²) >= 11 is 0. The van der Waals surface area contributed by atoms with Crippen LogP contribution in [-0.4, -0.2) is 93.2 Å². The van der Waals surface area contributed by atoms with Crippen LogP contribution in [0.4, 0.5) is 0 Å². The highest BCUT2D eigenvalue weighted by Gasteiger charge is 2.28. The molecule has 1 aromatic carbocycles. The highest BCUT2D eigenvalue weighted by molar-refractivity contribution is 7.89. The number of carbonyl (C=O) groups is 1. The van der Waals surface area contributed by atoms with E-state index in [0.29, 0.717) is 39.0 Å². The van der Waals surface area contributed by atoms with Crippen LogP contribution in [0.1, 0.15) is 12.0 Å². The largest absolute Gasteiger partial charge is 0.379 e. The van der Waals surface area contributed by atoms with Crippen molar-refractivity contribution in [3.63, 3.8) is 0 Å². The Balaban J connectivity index is 1.41. The quantitative estimate of drug-likeness (QED) is 0.670. The first-order chi connectivity index (χ1) is 13.0. The van der Waals surface area contributed by atoms with Crippen LogP contribution in [0.25, 0.3) is 0 Å². The van der Waals surface area contributed by atoms with E-state index in [-0.39, 0.29) is 11.7 Å². The summed E-state index contributed by atoms with van der Waals surface area (Å²) in [5, 5.41) is 0. The van der Waals surface area contributed by atoms with Crippen LogP contribution in [0.5, 0.6) is 0 Å². The third-order valence-corrected chi connectivity index (χ3v) is 7.09. The van der Waals surface area contributed by atoms with Gasteiger partial charge >= 0.3 is 0 Å². The van der Waals surface area contributed by atoms with Crippen LogP contribution >= 0.6 is 0 Å². The third-order valence-electron chi connectivity index (χ3n) is 5.22. The van der Waals surface area contributed by atoms with Crippen molar-refractivity contribution in [3.05, 3.63) is 35.9 Å². The van der Waals surface area contributed by atoms with Gasteiger partial charge in [-0.3, -0.25) is 9.69 Å². The van der Waals surface area contributed by atoms with Crippen molar-refractivity contribution in [2.45, 2.75) is 12.8 Å². The fourth-order valence-electron chi connectivity index (χ4n) is 3.47. The summed E-state index contributed by atoms with van der Waals surface area (Å²) in [7, 11) is -3.29. The second-order valence-corrected chi connectivity index (χ2v) is 9.12. The number of sulfonamides is 1. The van der Waals surface area contributed by atoms with Crippen LogP contribution < -0.4 is 0 Å². The van der Waals surface area contributed by atoms with Gasteiger partial charge in [-0.15, -0.1) is 0 Å². The van der Waals surface area contributed by atoms with E-state index in [1.165, 1.54) is 4.31 Å². The zero-order chi connectivity index (χ0) is 19.1. The maximum Gasteiger partial charge on any atom is 0.223 e. The van der Waals surface area contributed by atoms with Gasteiger partial charge in [-0.05, 0) is 12.0 Å². The van der Waals surface area contributed by atoms with E-state index in [9.17, 15) is 13.2 Å². The summed E-state index contributed by atoms with van der Waals surface area (Å²) in [6, 6.07) is 9.65. The molecule has 1 aromatic rings. The average molecular weight is 396 g/mol. The molecule has 0 N–H and O–H groups in total. The molecule has 27 heavy (non-hydrogen) atoms. The molecule has 0 saturated carbocycles. The van der Waals surface area contributed by atoms with E-state index in [0.717, 1.165) is 38.4 Å². The zero-order valence-corrected chi connectivity index (χ0v) is 16.6. The van der Waals surface area contributed by atoms with Gasteiger partial charge in [0.1, 0.15) is 0 Å². The Hall–Kier alpha value is -1.48. The second kappa shape index (κ2) is 9.64. The topological polar surface area (TPSA) is 70.2 Å². The number of benzene rings is 1. The predicted octanol–water partition coefficient (Wildman–Crippen LogP) is 0.425. The molecule has 0 unspecified atom stereocenters. The van der Waals surface area contributed by atoms with Gasteiger partial charge < -0.3 is 9.64 Å². The van der Waals surface area contributed by atoms with Crippen molar-refractivity contribution in [1.82, 2.24) is 14.1 Å². The van der Waals surface area contributed by atoms with Gasteiger partial charge in [-0.2, -0.15) is 4.31 Å². The number of hydrogen-bond acceptors (Lipinski definition) is 5. The smallest absolute Gasteiger partial charge is 0.223 e. The molecule has 0 atom stereocenters. The Kier molecular flexibility index (Phi) is 7.23. The predicted molar refractivity (Wildman–Crippen MR) is 104 cm³/mol.